The van der Waals surface area contributed by atoms with Crippen LogP contribution in [0.4, 0.5) is 13.2 Å². The molecule has 1 amide bonds. The van der Waals surface area contributed by atoms with Crippen LogP contribution in [0.5, 0.6) is 5.75 Å². The molecule has 0 spiro atoms. The zero-order chi connectivity index (χ0) is 15.5. The summed E-state index contributed by atoms with van der Waals surface area (Å²) in [7, 11) is 1.68. The van der Waals surface area contributed by atoms with Crippen molar-refractivity contribution < 1.29 is 22.7 Å². The lowest BCUT2D eigenvalue weighted by Gasteiger charge is -2.23. The van der Waals surface area contributed by atoms with Gasteiger partial charge in [0, 0.05) is 19.6 Å². The van der Waals surface area contributed by atoms with E-state index in [1.165, 1.54) is 12.1 Å². The van der Waals surface area contributed by atoms with Crippen LogP contribution in [-0.2, 0) is 11.0 Å². The van der Waals surface area contributed by atoms with Crippen molar-refractivity contribution in [2.75, 3.05) is 26.7 Å². The molecule has 1 N–H and O–H groups in total. The topological polar surface area (TPSA) is 41.6 Å². The van der Waals surface area contributed by atoms with E-state index in [4.69, 9.17) is 4.74 Å². The quantitative estimate of drug-likeness (QED) is 0.916. The Morgan fingerprint density at radius 2 is 2.18 bits per heavy atom. The van der Waals surface area contributed by atoms with Crippen LogP contribution in [0.25, 0.3) is 0 Å². The molecule has 22 heavy (non-hydrogen) atoms. The summed E-state index contributed by atoms with van der Waals surface area (Å²) in [4.78, 5) is 13.5. The molecular weight excluding hydrogens is 321 g/mol. The highest BCUT2D eigenvalue weighted by Crippen LogP contribution is 2.31. The fourth-order valence-electron chi connectivity index (χ4n) is 2.18. The second-order valence-corrected chi connectivity index (χ2v) is 4.97. The maximum absolute atomic E-state index is 12.6. The van der Waals surface area contributed by atoms with Gasteiger partial charge in [0.15, 0.2) is 6.61 Å². The van der Waals surface area contributed by atoms with Crippen molar-refractivity contribution >= 4 is 18.3 Å². The normalized spacial score (nSPS) is 17.7. The summed E-state index contributed by atoms with van der Waals surface area (Å²) in [6, 6.07) is 4.63. The van der Waals surface area contributed by atoms with Gasteiger partial charge in [-0.2, -0.15) is 13.2 Å². The smallest absolute Gasteiger partial charge is 0.416 e. The first-order valence-electron chi connectivity index (χ1n) is 6.64. The lowest BCUT2D eigenvalue weighted by Crippen LogP contribution is -2.40. The number of carbonyl (C=O) groups excluding carboxylic acids is 1. The maximum Gasteiger partial charge on any atom is 0.416 e. The highest BCUT2D eigenvalue weighted by Gasteiger charge is 2.30. The molecule has 1 aromatic carbocycles. The van der Waals surface area contributed by atoms with Gasteiger partial charge in [0.25, 0.3) is 5.91 Å². The van der Waals surface area contributed by atoms with Crippen LogP contribution in [0.15, 0.2) is 24.3 Å². The first-order chi connectivity index (χ1) is 9.88. The second-order valence-electron chi connectivity index (χ2n) is 4.97. The van der Waals surface area contributed by atoms with Crippen molar-refractivity contribution in [1.29, 1.82) is 0 Å². The molecule has 1 aliphatic rings. The summed E-state index contributed by atoms with van der Waals surface area (Å²) in [5.74, 6) is -0.211. The highest BCUT2D eigenvalue weighted by molar-refractivity contribution is 5.85. The zero-order valence-corrected chi connectivity index (χ0v) is 12.8. The number of hydrogen-bond acceptors (Lipinski definition) is 3. The average Bonchev–Trinajstić information content (AvgIpc) is 2.97. The van der Waals surface area contributed by atoms with Crippen molar-refractivity contribution in [1.82, 2.24) is 10.2 Å². The first-order valence-corrected chi connectivity index (χ1v) is 6.64. The number of hydrogen-bond donors (Lipinski definition) is 1. The fourth-order valence-corrected chi connectivity index (χ4v) is 2.18. The number of ether oxygens (including phenoxy) is 1. The molecule has 0 aliphatic carbocycles. The molecule has 2 rings (SSSR count). The van der Waals surface area contributed by atoms with Gasteiger partial charge in [-0.15, -0.1) is 12.4 Å². The molecule has 1 aliphatic heterocycles. The standard InChI is InChI=1S/C14H17F3N2O2.ClH/c1-19(11-5-6-18-8-11)13(20)9-21-12-4-2-3-10(7-12)14(15,16)17;/h2-4,7,11,18H,5-6,8-9H2,1H3;1H. The number of amides is 1. The molecule has 1 heterocycles. The molecule has 1 unspecified atom stereocenters. The van der Waals surface area contributed by atoms with E-state index in [2.05, 4.69) is 5.32 Å². The molecule has 1 aromatic rings. The SMILES string of the molecule is CN(C(=O)COc1cccc(C(F)(F)F)c1)C1CCNC1.Cl. The van der Waals surface area contributed by atoms with E-state index in [9.17, 15) is 18.0 Å². The molecule has 0 saturated carbocycles. The highest BCUT2D eigenvalue weighted by atomic mass is 35.5. The predicted molar refractivity (Wildman–Crippen MR) is 78.2 cm³/mol. The number of likely N-dealkylation sites (N-methyl/N-ethyl adjacent to an activating group) is 1. The average molecular weight is 339 g/mol. The summed E-state index contributed by atoms with van der Waals surface area (Å²) in [5.41, 5.74) is -0.791. The summed E-state index contributed by atoms with van der Waals surface area (Å²) in [6.07, 6.45) is -3.55. The maximum atomic E-state index is 12.6. The lowest BCUT2D eigenvalue weighted by molar-refractivity contribution is -0.137. The van der Waals surface area contributed by atoms with Gasteiger partial charge in [-0.25, -0.2) is 0 Å². The van der Waals surface area contributed by atoms with E-state index in [1.54, 1.807) is 11.9 Å². The third-order valence-electron chi connectivity index (χ3n) is 3.50. The Morgan fingerprint density at radius 3 is 2.77 bits per heavy atom. The Hall–Kier alpha value is -1.47. The van der Waals surface area contributed by atoms with Crippen molar-refractivity contribution in [3.8, 4) is 5.75 Å². The molecule has 1 saturated heterocycles. The molecule has 1 atom stereocenters. The molecule has 0 radical (unpaired) electrons. The van der Waals surface area contributed by atoms with E-state index in [1.807, 2.05) is 0 Å². The van der Waals surface area contributed by atoms with E-state index < -0.39 is 11.7 Å². The fraction of sp³-hybridized carbons (Fsp3) is 0.500. The molecule has 1 fully saturated rings. The van der Waals surface area contributed by atoms with E-state index >= 15 is 0 Å². The van der Waals surface area contributed by atoms with E-state index in [-0.39, 0.29) is 36.7 Å². The Balaban J connectivity index is 0.00000242. The predicted octanol–water partition coefficient (Wildman–Crippen LogP) is 2.33. The van der Waals surface area contributed by atoms with Crippen LogP contribution >= 0.6 is 12.4 Å². The van der Waals surface area contributed by atoms with Crippen LogP contribution < -0.4 is 10.1 Å². The van der Waals surface area contributed by atoms with Crippen LogP contribution in [0.1, 0.15) is 12.0 Å². The van der Waals surface area contributed by atoms with Gasteiger partial charge in [-0.3, -0.25) is 4.79 Å². The van der Waals surface area contributed by atoms with Crippen molar-refractivity contribution in [2.45, 2.75) is 18.6 Å². The van der Waals surface area contributed by atoms with E-state index in [0.717, 1.165) is 31.6 Å². The molecule has 0 bridgehead atoms. The summed E-state index contributed by atoms with van der Waals surface area (Å²) < 4.78 is 42.9. The lowest BCUT2D eigenvalue weighted by atomic mass is 10.2. The number of nitrogens with one attached hydrogen (secondary N) is 1. The minimum Gasteiger partial charge on any atom is -0.484 e. The second kappa shape index (κ2) is 7.69. The summed E-state index contributed by atoms with van der Waals surface area (Å²) >= 11 is 0. The monoisotopic (exact) mass is 338 g/mol. The Bertz CT molecular complexity index is 505. The van der Waals surface area contributed by atoms with Crippen LogP contribution in [-0.4, -0.2) is 43.6 Å². The van der Waals surface area contributed by atoms with Gasteiger partial charge < -0.3 is 15.0 Å². The Labute approximate surface area is 133 Å². The number of halogens is 4. The van der Waals surface area contributed by atoms with Gasteiger partial charge in [0.1, 0.15) is 5.75 Å². The van der Waals surface area contributed by atoms with Crippen molar-refractivity contribution in [2.24, 2.45) is 0 Å². The number of rotatable bonds is 4. The van der Waals surface area contributed by atoms with Gasteiger partial charge in [0.2, 0.25) is 0 Å². The summed E-state index contributed by atoms with van der Waals surface area (Å²) in [5, 5.41) is 3.15. The Morgan fingerprint density at radius 1 is 1.45 bits per heavy atom. The number of nitrogens with zero attached hydrogens (tertiary/aromatic N) is 1. The molecule has 0 aromatic heterocycles. The van der Waals surface area contributed by atoms with Crippen LogP contribution in [0.2, 0.25) is 0 Å². The van der Waals surface area contributed by atoms with Gasteiger partial charge in [-0.05, 0) is 31.2 Å². The van der Waals surface area contributed by atoms with E-state index in [0.29, 0.717) is 0 Å². The Kier molecular flexibility index (Phi) is 6.49. The number of alkyl halides is 3. The number of carbonyl (C=O) groups is 1. The van der Waals surface area contributed by atoms with Crippen molar-refractivity contribution in [3.63, 3.8) is 0 Å². The molecule has 8 heteroatoms. The van der Waals surface area contributed by atoms with Crippen molar-refractivity contribution in [3.05, 3.63) is 29.8 Å². The minimum absolute atomic E-state index is 0. The molecular formula is C14H18ClF3N2O2. The third-order valence-corrected chi connectivity index (χ3v) is 3.50. The van der Waals surface area contributed by atoms with Gasteiger partial charge in [-0.1, -0.05) is 6.07 Å². The first kappa shape index (κ1) is 18.6. The largest absolute Gasteiger partial charge is 0.484 e. The van der Waals surface area contributed by atoms with Crippen LogP contribution in [0.3, 0.4) is 0 Å². The zero-order valence-electron chi connectivity index (χ0n) is 12.0. The van der Waals surface area contributed by atoms with Gasteiger partial charge >= 0.3 is 6.18 Å². The summed E-state index contributed by atoms with van der Waals surface area (Å²) in [6.45, 7) is 1.32. The number of benzene rings is 1. The third kappa shape index (κ3) is 4.78. The molecule has 4 nitrogen and oxygen atoms in total. The van der Waals surface area contributed by atoms with Gasteiger partial charge in [0.05, 0.1) is 5.56 Å². The van der Waals surface area contributed by atoms with Crippen LogP contribution in [0, 0.1) is 0 Å². The molecule has 124 valence electrons. The minimum atomic E-state index is -4.42.